The van der Waals surface area contributed by atoms with Gasteiger partial charge in [-0.25, -0.2) is 4.79 Å². The maximum absolute atomic E-state index is 12.8. The second-order valence-corrected chi connectivity index (χ2v) is 6.45. The van der Waals surface area contributed by atoms with E-state index in [9.17, 15) is 14.4 Å². The van der Waals surface area contributed by atoms with Crippen molar-refractivity contribution in [2.24, 2.45) is 7.05 Å². The molecule has 25 heavy (non-hydrogen) atoms. The molecular weight excluding hydrogens is 320 g/mol. The Balaban J connectivity index is 2.07. The summed E-state index contributed by atoms with van der Waals surface area (Å²) < 4.78 is 2.06. The first kappa shape index (κ1) is 17.1. The van der Waals surface area contributed by atoms with E-state index < -0.39 is 17.2 Å². The second-order valence-electron chi connectivity index (χ2n) is 6.45. The van der Waals surface area contributed by atoms with E-state index in [4.69, 9.17) is 0 Å². The Hall–Kier alpha value is -2.70. The van der Waals surface area contributed by atoms with Crippen LogP contribution in [0.25, 0.3) is 5.69 Å². The molecule has 2 heterocycles. The summed E-state index contributed by atoms with van der Waals surface area (Å²) in [6.07, 6.45) is 4.00. The van der Waals surface area contributed by atoms with E-state index >= 15 is 0 Å². The van der Waals surface area contributed by atoms with Crippen molar-refractivity contribution in [2.45, 2.75) is 32.6 Å². The largest absolute Gasteiger partial charge is 0.351 e. The quantitative estimate of drug-likeness (QED) is 0.823. The third-order valence-electron chi connectivity index (χ3n) is 4.55. The number of carbonyl (C=O) groups is 1. The summed E-state index contributed by atoms with van der Waals surface area (Å²) in [5.74, 6) is -0.400. The van der Waals surface area contributed by atoms with Crippen LogP contribution in [0.5, 0.6) is 0 Å². The predicted octanol–water partition coefficient (Wildman–Crippen LogP) is 1.26. The van der Waals surface area contributed by atoms with Gasteiger partial charge in [0.05, 0.1) is 5.69 Å². The van der Waals surface area contributed by atoms with Gasteiger partial charge in [0.25, 0.3) is 11.5 Å². The van der Waals surface area contributed by atoms with E-state index in [1.807, 2.05) is 19.1 Å². The molecule has 3 rings (SSSR count). The first-order valence-corrected chi connectivity index (χ1v) is 8.56. The number of likely N-dealkylation sites (tertiary alicyclic amines) is 1. The van der Waals surface area contributed by atoms with Gasteiger partial charge in [-0.1, -0.05) is 30.5 Å². The lowest BCUT2D eigenvalue weighted by Gasteiger charge is -2.20. The van der Waals surface area contributed by atoms with Gasteiger partial charge in [-0.05, 0) is 31.9 Å². The molecule has 0 spiro atoms. The smallest absolute Gasteiger partial charge is 0.337 e. The Labute approximate surface area is 145 Å². The van der Waals surface area contributed by atoms with Gasteiger partial charge in [0.15, 0.2) is 0 Å². The van der Waals surface area contributed by atoms with Crippen molar-refractivity contribution in [2.75, 3.05) is 13.1 Å². The number of hydrogen-bond donors (Lipinski definition) is 0. The number of nitrogens with zero attached hydrogens (tertiary/aromatic N) is 4. The minimum atomic E-state index is -0.650. The van der Waals surface area contributed by atoms with E-state index in [1.54, 1.807) is 17.0 Å². The molecule has 1 aromatic carbocycles. The van der Waals surface area contributed by atoms with Crippen LogP contribution in [-0.2, 0) is 7.05 Å². The van der Waals surface area contributed by atoms with Crippen molar-refractivity contribution < 1.29 is 4.79 Å². The summed E-state index contributed by atoms with van der Waals surface area (Å²) in [6, 6.07) is 7.19. The Morgan fingerprint density at radius 2 is 1.60 bits per heavy atom. The molecule has 0 bridgehead atoms. The fourth-order valence-electron chi connectivity index (χ4n) is 2.99. The minimum absolute atomic E-state index is 0.204. The maximum atomic E-state index is 12.8. The number of carbonyl (C=O) groups excluding carboxylic acids is 1. The number of amides is 1. The zero-order valence-electron chi connectivity index (χ0n) is 14.6. The first-order valence-electron chi connectivity index (χ1n) is 8.56. The van der Waals surface area contributed by atoms with Crippen molar-refractivity contribution in [3.8, 4) is 5.69 Å². The number of aryl methyl sites for hydroxylation is 1. The number of rotatable bonds is 2. The molecule has 7 heteroatoms. The standard InChI is InChI=1S/C18H22N4O3/c1-13-7-9-14(10-8-13)22-18(25)20(2)16(23)15(19-22)17(24)21-11-5-3-4-6-12-21/h7-10H,3-6,11-12H2,1-2H3. The highest BCUT2D eigenvalue weighted by Gasteiger charge is 2.24. The van der Waals surface area contributed by atoms with Crippen LogP contribution in [0.1, 0.15) is 41.7 Å². The molecule has 1 aliphatic heterocycles. The number of benzene rings is 1. The van der Waals surface area contributed by atoms with Gasteiger partial charge in [-0.3, -0.25) is 14.2 Å². The molecule has 0 aliphatic carbocycles. The van der Waals surface area contributed by atoms with Crippen LogP contribution in [-0.4, -0.2) is 38.2 Å². The normalized spacial score (nSPS) is 15.0. The fraction of sp³-hybridized carbons (Fsp3) is 0.444. The Morgan fingerprint density at radius 1 is 1.00 bits per heavy atom. The first-order chi connectivity index (χ1) is 12.0. The topological polar surface area (TPSA) is 77.2 Å². The van der Waals surface area contributed by atoms with E-state index in [0.29, 0.717) is 18.8 Å². The van der Waals surface area contributed by atoms with Crippen molar-refractivity contribution in [3.63, 3.8) is 0 Å². The average Bonchev–Trinajstić information content (AvgIpc) is 2.90. The number of hydrogen-bond acceptors (Lipinski definition) is 4. The zero-order chi connectivity index (χ0) is 18.0. The summed E-state index contributed by atoms with van der Waals surface area (Å²) >= 11 is 0. The summed E-state index contributed by atoms with van der Waals surface area (Å²) in [5, 5.41) is 4.12. The Morgan fingerprint density at radius 3 is 2.20 bits per heavy atom. The minimum Gasteiger partial charge on any atom is -0.337 e. The molecular formula is C18H22N4O3. The molecule has 0 atom stereocenters. The Kier molecular flexibility index (Phi) is 4.83. The van der Waals surface area contributed by atoms with Gasteiger partial charge >= 0.3 is 5.69 Å². The van der Waals surface area contributed by atoms with Crippen LogP contribution in [0, 0.1) is 6.92 Å². The molecule has 132 valence electrons. The molecule has 0 N–H and O–H groups in total. The third kappa shape index (κ3) is 3.40. The molecule has 0 radical (unpaired) electrons. The maximum Gasteiger partial charge on any atom is 0.351 e. The van der Waals surface area contributed by atoms with Crippen molar-refractivity contribution in [1.29, 1.82) is 0 Å². The van der Waals surface area contributed by atoms with Crippen LogP contribution in [0.4, 0.5) is 0 Å². The van der Waals surface area contributed by atoms with Gasteiger partial charge in [0, 0.05) is 20.1 Å². The molecule has 2 aromatic rings. The summed E-state index contributed by atoms with van der Waals surface area (Å²) in [5.41, 5.74) is 0.145. The van der Waals surface area contributed by atoms with Crippen LogP contribution >= 0.6 is 0 Å². The molecule has 1 aliphatic rings. The second kappa shape index (κ2) is 7.04. The third-order valence-corrected chi connectivity index (χ3v) is 4.55. The molecule has 7 nitrogen and oxygen atoms in total. The van der Waals surface area contributed by atoms with Gasteiger partial charge in [0.2, 0.25) is 5.69 Å². The lowest BCUT2D eigenvalue weighted by atomic mass is 10.2. The van der Waals surface area contributed by atoms with E-state index in [-0.39, 0.29) is 5.69 Å². The van der Waals surface area contributed by atoms with Gasteiger partial charge in [0.1, 0.15) is 0 Å². The van der Waals surface area contributed by atoms with Crippen molar-refractivity contribution >= 4 is 5.91 Å². The van der Waals surface area contributed by atoms with Crippen LogP contribution < -0.4 is 11.2 Å². The predicted molar refractivity (Wildman–Crippen MR) is 94.2 cm³/mol. The summed E-state index contributed by atoms with van der Waals surface area (Å²) in [4.78, 5) is 39.3. The van der Waals surface area contributed by atoms with E-state index in [2.05, 4.69) is 5.10 Å². The molecule has 1 aromatic heterocycles. The van der Waals surface area contributed by atoms with Crippen molar-refractivity contribution in [3.05, 3.63) is 56.4 Å². The summed E-state index contributed by atoms with van der Waals surface area (Å²) in [7, 11) is 1.37. The molecule has 0 saturated carbocycles. The monoisotopic (exact) mass is 342 g/mol. The molecule has 1 amide bonds. The lowest BCUT2D eigenvalue weighted by Crippen LogP contribution is -2.45. The van der Waals surface area contributed by atoms with Crippen LogP contribution in [0.15, 0.2) is 33.9 Å². The van der Waals surface area contributed by atoms with Gasteiger partial charge in [-0.2, -0.15) is 9.78 Å². The zero-order valence-corrected chi connectivity index (χ0v) is 14.6. The summed E-state index contributed by atoms with van der Waals surface area (Å²) in [6.45, 7) is 3.18. The Bertz CT molecular complexity index is 888. The van der Waals surface area contributed by atoms with E-state index in [0.717, 1.165) is 40.5 Å². The van der Waals surface area contributed by atoms with Crippen molar-refractivity contribution in [1.82, 2.24) is 19.2 Å². The van der Waals surface area contributed by atoms with Crippen LogP contribution in [0.2, 0.25) is 0 Å². The number of aromatic nitrogens is 3. The SMILES string of the molecule is Cc1ccc(-n2nc(C(=O)N3CCCCCC3)c(=O)n(C)c2=O)cc1. The lowest BCUT2D eigenvalue weighted by molar-refractivity contribution is 0.0750. The van der Waals surface area contributed by atoms with Gasteiger partial charge < -0.3 is 4.90 Å². The highest BCUT2D eigenvalue weighted by atomic mass is 16.2. The fourth-order valence-corrected chi connectivity index (χ4v) is 2.99. The average molecular weight is 342 g/mol. The van der Waals surface area contributed by atoms with Crippen LogP contribution in [0.3, 0.4) is 0 Å². The molecule has 1 saturated heterocycles. The molecule has 1 fully saturated rings. The highest BCUT2D eigenvalue weighted by Crippen LogP contribution is 2.11. The van der Waals surface area contributed by atoms with Gasteiger partial charge in [-0.15, -0.1) is 0 Å². The highest BCUT2D eigenvalue weighted by molar-refractivity contribution is 5.91. The molecule has 0 unspecified atom stereocenters. The van der Waals surface area contributed by atoms with E-state index in [1.165, 1.54) is 7.05 Å².